The Bertz CT molecular complexity index is 757. The number of rotatable bonds is 3. The van der Waals surface area contributed by atoms with Crippen molar-refractivity contribution in [3.8, 4) is 0 Å². The summed E-state index contributed by atoms with van der Waals surface area (Å²) in [4.78, 5) is 23.0. The quantitative estimate of drug-likeness (QED) is 0.393. The third-order valence-electron chi connectivity index (χ3n) is 2.87. The number of nitrogens with zero attached hydrogens (tertiary/aromatic N) is 2. The Hall–Kier alpha value is -2.12. The molecule has 1 N–H and O–H groups in total. The maximum absolute atomic E-state index is 11.7. The van der Waals surface area contributed by atoms with Gasteiger partial charge < -0.3 is 4.74 Å². The van der Waals surface area contributed by atoms with E-state index in [-0.39, 0.29) is 10.1 Å². The fraction of sp³-hybridized carbons (Fsp3) is 0.200. The lowest BCUT2D eigenvalue weighted by Crippen LogP contribution is -2.19. The van der Waals surface area contributed by atoms with Crippen molar-refractivity contribution in [1.29, 1.82) is 0 Å². The largest absolute Gasteiger partial charge is 0.466 e. The van der Waals surface area contributed by atoms with Gasteiger partial charge in [-0.15, -0.1) is 5.10 Å². The normalized spacial score (nSPS) is 18.0. The van der Waals surface area contributed by atoms with Crippen LogP contribution in [0.15, 0.2) is 33.3 Å². The lowest BCUT2D eigenvalue weighted by Gasteiger charge is -2.03. The monoisotopic (exact) mass is 351 g/mol. The molecule has 8 heteroatoms. The zero-order valence-corrected chi connectivity index (χ0v) is 14.3. The van der Waals surface area contributed by atoms with Crippen LogP contribution in [0, 0.1) is 13.8 Å². The van der Waals surface area contributed by atoms with E-state index in [1.54, 1.807) is 0 Å². The summed E-state index contributed by atoms with van der Waals surface area (Å²) in [7, 11) is 1.24. The molecule has 0 aromatic heterocycles. The van der Waals surface area contributed by atoms with Crippen LogP contribution < -0.4 is 5.32 Å². The molecule has 1 amide bonds. The van der Waals surface area contributed by atoms with Crippen molar-refractivity contribution in [3.63, 3.8) is 0 Å². The molecule has 0 atom stereocenters. The summed E-state index contributed by atoms with van der Waals surface area (Å²) < 4.78 is 4.48. The van der Waals surface area contributed by atoms with E-state index in [0.717, 1.165) is 34.5 Å². The van der Waals surface area contributed by atoms with Crippen LogP contribution in [0.25, 0.3) is 0 Å². The number of carbonyl (C=O) groups excluding carboxylic acids is 2. The number of aryl methyl sites for hydroxylation is 2. The number of esters is 1. The Morgan fingerprint density at radius 1 is 1.39 bits per heavy atom. The number of carbonyl (C=O) groups is 2. The predicted molar refractivity (Wildman–Crippen MR) is 91.8 cm³/mol. The molecule has 1 aromatic rings. The molecule has 0 bridgehead atoms. The third-order valence-corrected chi connectivity index (χ3v) is 4.29. The molecule has 23 heavy (non-hydrogen) atoms. The SMILES string of the molecule is COC(=O)/C=C1/S/C(=N\N=Cc2cc(C)cc(C)c2Cl)NC1=O. The molecular formula is C15H14ClN3O3S. The smallest absolute Gasteiger partial charge is 0.331 e. The minimum atomic E-state index is -0.602. The van der Waals surface area contributed by atoms with Crippen molar-refractivity contribution in [2.24, 2.45) is 10.2 Å². The molecule has 1 aromatic carbocycles. The zero-order valence-electron chi connectivity index (χ0n) is 12.7. The van der Waals surface area contributed by atoms with E-state index in [1.165, 1.54) is 13.3 Å². The van der Waals surface area contributed by atoms with E-state index in [1.807, 2.05) is 26.0 Å². The van der Waals surface area contributed by atoms with E-state index in [9.17, 15) is 9.59 Å². The highest BCUT2D eigenvalue weighted by atomic mass is 35.5. The zero-order chi connectivity index (χ0) is 17.0. The second kappa shape index (κ2) is 7.43. The Morgan fingerprint density at radius 3 is 2.83 bits per heavy atom. The van der Waals surface area contributed by atoms with Crippen molar-refractivity contribution in [1.82, 2.24) is 5.32 Å². The van der Waals surface area contributed by atoms with Gasteiger partial charge in [-0.25, -0.2) is 4.79 Å². The Labute approximate surface area is 142 Å². The Kier molecular flexibility index (Phi) is 5.57. The van der Waals surface area contributed by atoms with E-state index in [0.29, 0.717) is 5.02 Å². The van der Waals surface area contributed by atoms with Crippen molar-refractivity contribution < 1.29 is 14.3 Å². The molecule has 0 spiro atoms. The van der Waals surface area contributed by atoms with Gasteiger partial charge in [-0.3, -0.25) is 10.1 Å². The number of ether oxygens (including phenoxy) is 1. The van der Waals surface area contributed by atoms with Gasteiger partial charge in [0.2, 0.25) is 0 Å². The van der Waals surface area contributed by atoms with Gasteiger partial charge >= 0.3 is 5.97 Å². The fourth-order valence-corrected chi connectivity index (χ4v) is 2.76. The number of halogens is 1. The number of amides is 1. The molecule has 1 aliphatic heterocycles. The molecule has 0 radical (unpaired) electrons. The van der Waals surface area contributed by atoms with Crippen molar-refractivity contribution in [2.75, 3.05) is 7.11 Å². The summed E-state index contributed by atoms with van der Waals surface area (Å²) >= 11 is 7.22. The first-order valence-corrected chi connectivity index (χ1v) is 7.76. The van der Waals surface area contributed by atoms with Gasteiger partial charge in [0.05, 0.1) is 23.3 Å². The van der Waals surface area contributed by atoms with Gasteiger partial charge in [-0.2, -0.15) is 5.10 Å². The molecule has 0 saturated carbocycles. The van der Waals surface area contributed by atoms with Crippen LogP contribution in [-0.4, -0.2) is 30.4 Å². The van der Waals surface area contributed by atoms with Gasteiger partial charge in [0.25, 0.3) is 5.91 Å². The molecule has 0 unspecified atom stereocenters. The van der Waals surface area contributed by atoms with Crippen LogP contribution in [0.3, 0.4) is 0 Å². The molecule has 6 nitrogen and oxygen atoms in total. The third kappa shape index (κ3) is 4.43. The van der Waals surface area contributed by atoms with Crippen LogP contribution in [-0.2, 0) is 14.3 Å². The Morgan fingerprint density at radius 2 is 2.13 bits per heavy atom. The molecule has 1 fully saturated rings. The first kappa shape index (κ1) is 17.2. The van der Waals surface area contributed by atoms with Crippen molar-refractivity contribution in [2.45, 2.75) is 13.8 Å². The van der Waals surface area contributed by atoms with E-state index in [4.69, 9.17) is 11.6 Å². The summed E-state index contributed by atoms with van der Waals surface area (Å²) in [6.07, 6.45) is 2.62. The maximum Gasteiger partial charge on any atom is 0.331 e. The highest BCUT2D eigenvalue weighted by molar-refractivity contribution is 8.18. The van der Waals surface area contributed by atoms with Crippen LogP contribution in [0.5, 0.6) is 0 Å². The number of benzene rings is 1. The Balaban J connectivity index is 2.14. The van der Waals surface area contributed by atoms with Gasteiger partial charge in [-0.05, 0) is 37.2 Å². The van der Waals surface area contributed by atoms with Crippen LogP contribution >= 0.6 is 23.4 Å². The summed E-state index contributed by atoms with van der Waals surface area (Å²) in [6, 6.07) is 3.87. The first-order chi connectivity index (χ1) is 10.9. The standard InChI is InChI=1S/C15H14ClN3O3S/c1-8-4-9(2)13(16)10(5-8)7-17-19-15-18-14(21)11(23-15)6-12(20)22-3/h4-7H,1-3H3,(H,18,19,21)/b11-6+,17-7?. The predicted octanol–water partition coefficient (Wildman–Crippen LogP) is 2.57. The maximum atomic E-state index is 11.7. The average Bonchev–Trinajstić information content (AvgIpc) is 2.84. The van der Waals surface area contributed by atoms with E-state index >= 15 is 0 Å². The minimum absolute atomic E-state index is 0.204. The molecular weight excluding hydrogens is 338 g/mol. The summed E-state index contributed by atoms with van der Waals surface area (Å²) in [5, 5.41) is 11.2. The van der Waals surface area contributed by atoms with E-state index < -0.39 is 11.9 Å². The minimum Gasteiger partial charge on any atom is -0.466 e. The second-order valence-electron chi connectivity index (χ2n) is 4.72. The number of thioether (sulfide) groups is 1. The molecule has 1 heterocycles. The average molecular weight is 352 g/mol. The summed E-state index contributed by atoms with van der Waals surface area (Å²) in [5.74, 6) is -1.02. The number of nitrogens with one attached hydrogen (secondary N) is 1. The lowest BCUT2D eigenvalue weighted by molar-refractivity contribution is -0.135. The highest BCUT2D eigenvalue weighted by Gasteiger charge is 2.24. The number of hydrogen-bond acceptors (Lipinski definition) is 6. The highest BCUT2D eigenvalue weighted by Crippen LogP contribution is 2.24. The number of amidine groups is 1. The molecule has 1 aliphatic rings. The summed E-state index contributed by atoms with van der Waals surface area (Å²) in [5.41, 5.74) is 2.76. The van der Waals surface area contributed by atoms with Gasteiger partial charge in [-0.1, -0.05) is 23.2 Å². The molecule has 0 aliphatic carbocycles. The second-order valence-corrected chi connectivity index (χ2v) is 6.13. The molecule has 120 valence electrons. The van der Waals surface area contributed by atoms with Crippen LogP contribution in [0.1, 0.15) is 16.7 Å². The van der Waals surface area contributed by atoms with Gasteiger partial charge in [0.1, 0.15) is 0 Å². The first-order valence-electron chi connectivity index (χ1n) is 6.57. The molecule has 1 saturated heterocycles. The number of methoxy groups -OCH3 is 1. The van der Waals surface area contributed by atoms with Gasteiger partial charge in [0.15, 0.2) is 5.17 Å². The van der Waals surface area contributed by atoms with Gasteiger partial charge in [0, 0.05) is 11.6 Å². The lowest BCUT2D eigenvalue weighted by atomic mass is 10.1. The molecule has 2 rings (SSSR count). The number of hydrogen-bond donors (Lipinski definition) is 1. The van der Waals surface area contributed by atoms with Crippen LogP contribution in [0.4, 0.5) is 0 Å². The van der Waals surface area contributed by atoms with Crippen LogP contribution in [0.2, 0.25) is 5.02 Å². The summed E-state index contributed by atoms with van der Waals surface area (Å²) in [6.45, 7) is 3.87. The van der Waals surface area contributed by atoms with Crippen molar-refractivity contribution in [3.05, 3.63) is 44.8 Å². The van der Waals surface area contributed by atoms with Crippen molar-refractivity contribution >= 4 is 46.6 Å². The topological polar surface area (TPSA) is 80.1 Å². The fourth-order valence-electron chi connectivity index (χ4n) is 1.86. The van der Waals surface area contributed by atoms with E-state index in [2.05, 4.69) is 20.3 Å².